The standard InChI is InChI=1S/C7H8N4O/c1-6-9-7(12-10-6)5-11-4-2-3-8-11/h2-4H,5H2,1H3. The van der Waals surface area contributed by atoms with Crippen molar-refractivity contribution < 1.29 is 4.52 Å². The molecule has 0 bridgehead atoms. The van der Waals surface area contributed by atoms with Crippen LogP contribution in [0.1, 0.15) is 11.7 Å². The number of hydrogen-bond donors (Lipinski definition) is 0. The Hall–Kier alpha value is -1.65. The van der Waals surface area contributed by atoms with Crippen LogP contribution in [0.4, 0.5) is 0 Å². The van der Waals surface area contributed by atoms with Crippen LogP contribution in [0.5, 0.6) is 0 Å². The lowest BCUT2D eigenvalue weighted by atomic mass is 10.6. The summed E-state index contributed by atoms with van der Waals surface area (Å²) in [7, 11) is 0. The smallest absolute Gasteiger partial charge is 0.248 e. The largest absolute Gasteiger partial charge is 0.337 e. The monoisotopic (exact) mass is 164 g/mol. The van der Waals surface area contributed by atoms with Crippen molar-refractivity contribution in [3.8, 4) is 0 Å². The molecular formula is C7H8N4O. The fraction of sp³-hybridized carbons (Fsp3) is 0.286. The van der Waals surface area contributed by atoms with E-state index in [1.165, 1.54) is 0 Å². The van der Waals surface area contributed by atoms with E-state index in [1.807, 2.05) is 12.3 Å². The molecule has 2 aromatic rings. The Kier molecular flexibility index (Phi) is 1.62. The molecule has 0 aromatic carbocycles. The molecule has 5 heteroatoms. The molecule has 0 aliphatic rings. The molecule has 2 heterocycles. The molecule has 0 amide bonds. The van der Waals surface area contributed by atoms with Crippen molar-refractivity contribution in [3.05, 3.63) is 30.2 Å². The van der Waals surface area contributed by atoms with E-state index in [0.717, 1.165) is 0 Å². The Balaban J connectivity index is 2.14. The Labute approximate surface area is 69.0 Å². The zero-order valence-corrected chi connectivity index (χ0v) is 6.64. The molecule has 0 spiro atoms. The third kappa shape index (κ3) is 1.34. The zero-order valence-electron chi connectivity index (χ0n) is 6.64. The minimum Gasteiger partial charge on any atom is -0.337 e. The van der Waals surface area contributed by atoms with Gasteiger partial charge in [0.2, 0.25) is 5.89 Å². The van der Waals surface area contributed by atoms with Crippen molar-refractivity contribution in [1.82, 2.24) is 19.9 Å². The van der Waals surface area contributed by atoms with E-state index in [2.05, 4.69) is 15.2 Å². The highest BCUT2D eigenvalue weighted by molar-refractivity contribution is 4.86. The molecule has 0 aliphatic carbocycles. The average molecular weight is 164 g/mol. The van der Waals surface area contributed by atoms with Crippen molar-refractivity contribution in [2.75, 3.05) is 0 Å². The minimum absolute atomic E-state index is 0.536. The van der Waals surface area contributed by atoms with Crippen LogP contribution in [0.3, 0.4) is 0 Å². The first-order valence-corrected chi connectivity index (χ1v) is 3.61. The minimum atomic E-state index is 0.536. The summed E-state index contributed by atoms with van der Waals surface area (Å²) < 4.78 is 6.64. The fourth-order valence-electron chi connectivity index (χ4n) is 0.937. The van der Waals surface area contributed by atoms with Gasteiger partial charge in [0, 0.05) is 12.4 Å². The van der Waals surface area contributed by atoms with Gasteiger partial charge in [0.05, 0.1) is 0 Å². The van der Waals surface area contributed by atoms with E-state index in [1.54, 1.807) is 17.8 Å². The molecular weight excluding hydrogens is 156 g/mol. The molecule has 0 N–H and O–H groups in total. The zero-order chi connectivity index (χ0) is 8.39. The van der Waals surface area contributed by atoms with Gasteiger partial charge in [-0.15, -0.1) is 0 Å². The lowest BCUT2D eigenvalue weighted by Gasteiger charge is -1.92. The highest BCUT2D eigenvalue weighted by atomic mass is 16.5. The summed E-state index contributed by atoms with van der Waals surface area (Å²) in [6, 6.07) is 1.85. The highest BCUT2D eigenvalue weighted by Crippen LogP contribution is 1.97. The second-order valence-electron chi connectivity index (χ2n) is 2.44. The normalized spacial score (nSPS) is 10.4. The summed E-state index contributed by atoms with van der Waals surface area (Å²) in [5.41, 5.74) is 0. The predicted molar refractivity (Wildman–Crippen MR) is 40.4 cm³/mol. The summed E-state index contributed by atoms with van der Waals surface area (Å²) >= 11 is 0. The number of aryl methyl sites for hydroxylation is 1. The van der Waals surface area contributed by atoms with E-state index in [4.69, 9.17) is 4.52 Å². The first kappa shape index (κ1) is 7.02. The van der Waals surface area contributed by atoms with Gasteiger partial charge in [-0.2, -0.15) is 10.1 Å². The molecule has 0 saturated heterocycles. The van der Waals surface area contributed by atoms with Gasteiger partial charge in [-0.3, -0.25) is 4.68 Å². The van der Waals surface area contributed by atoms with E-state index < -0.39 is 0 Å². The Morgan fingerprint density at radius 2 is 2.50 bits per heavy atom. The van der Waals surface area contributed by atoms with E-state index >= 15 is 0 Å². The molecule has 12 heavy (non-hydrogen) atoms. The van der Waals surface area contributed by atoms with Crippen molar-refractivity contribution >= 4 is 0 Å². The third-order valence-corrected chi connectivity index (χ3v) is 1.43. The van der Waals surface area contributed by atoms with Crippen molar-refractivity contribution in [3.63, 3.8) is 0 Å². The molecule has 5 nitrogen and oxygen atoms in total. The molecule has 0 saturated carbocycles. The number of nitrogens with zero attached hydrogens (tertiary/aromatic N) is 4. The summed E-state index contributed by atoms with van der Waals surface area (Å²) in [6.45, 7) is 2.32. The SMILES string of the molecule is Cc1noc(Cn2cccn2)n1. The second-order valence-corrected chi connectivity index (χ2v) is 2.44. The average Bonchev–Trinajstić information content (AvgIpc) is 2.63. The summed E-state index contributed by atoms with van der Waals surface area (Å²) in [5, 5.41) is 7.68. The molecule has 0 fully saturated rings. The van der Waals surface area contributed by atoms with Gasteiger partial charge in [0.15, 0.2) is 5.82 Å². The predicted octanol–water partition coefficient (Wildman–Crippen LogP) is 0.623. The van der Waals surface area contributed by atoms with Gasteiger partial charge >= 0.3 is 0 Å². The van der Waals surface area contributed by atoms with Gasteiger partial charge in [-0.1, -0.05) is 5.16 Å². The van der Waals surface area contributed by atoms with Crippen molar-refractivity contribution in [2.45, 2.75) is 13.5 Å². The van der Waals surface area contributed by atoms with Crippen LogP contribution in [-0.2, 0) is 6.54 Å². The molecule has 0 radical (unpaired) electrons. The lowest BCUT2D eigenvalue weighted by Crippen LogP contribution is -1.99. The molecule has 62 valence electrons. The van der Waals surface area contributed by atoms with Gasteiger partial charge < -0.3 is 4.52 Å². The van der Waals surface area contributed by atoms with Crippen LogP contribution in [0.25, 0.3) is 0 Å². The number of aromatic nitrogens is 4. The van der Waals surface area contributed by atoms with E-state index in [-0.39, 0.29) is 0 Å². The molecule has 0 atom stereocenters. The summed E-state index contributed by atoms with van der Waals surface area (Å²) in [6.07, 6.45) is 3.56. The van der Waals surface area contributed by atoms with Gasteiger partial charge in [-0.05, 0) is 13.0 Å². The summed E-state index contributed by atoms with van der Waals surface area (Å²) in [4.78, 5) is 4.05. The number of rotatable bonds is 2. The first-order chi connectivity index (χ1) is 5.84. The van der Waals surface area contributed by atoms with Crippen LogP contribution in [-0.4, -0.2) is 19.9 Å². The molecule has 2 rings (SSSR count). The van der Waals surface area contributed by atoms with Crippen molar-refractivity contribution in [1.29, 1.82) is 0 Å². The molecule has 0 aliphatic heterocycles. The van der Waals surface area contributed by atoms with Gasteiger partial charge in [0.1, 0.15) is 6.54 Å². The first-order valence-electron chi connectivity index (χ1n) is 3.61. The van der Waals surface area contributed by atoms with Gasteiger partial charge in [0.25, 0.3) is 0 Å². The Morgan fingerprint density at radius 3 is 3.08 bits per heavy atom. The van der Waals surface area contributed by atoms with E-state index in [9.17, 15) is 0 Å². The van der Waals surface area contributed by atoms with Crippen LogP contribution in [0.15, 0.2) is 23.0 Å². The quantitative estimate of drug-likeness (QED) is 0.653. The fourth-order valence-corrected chi connectivity index (χ4v) is 0.937. The highest BCUT2D eigenvalue weighted by Gasteiger charge is 2.02. The maximum Gasteiger partial charge on any atom is 0.248 e. The van der Waals surface area contributed by atoms with Crippen LogP contribution < -0.4 is 0 Å². The van der Waals surface area contributed by atoms with Gasteiger partial charge in [-0.25, -0.2) is 0 Å². The van der Waals surface area contributed by atoms with Crippen molar-refractivity contribution in [2.24, 2.45) is 0 Å². The van der Waals surface area contributed by atoms with Crippen LogP contribution in [0.2, 0.25) is 0 Å². The second kappa shape index (κ2) is 2.77. The van der Waals surface area contributed by atoms with E-state index in [0.29, 0.717) is 18.3 Å². The Bertz CT molecular complexity index is 351. The topological polar surface area (TPSA) is 56.7 Å². The summed E-state index contributed by atoms with van der Waals surface area (Å²) in [5.74, 6) is 1.23. The maximum absolute atomic E-state index is 4.92. The number of hydrogen-bond acceptors (Lipinski definition) is 4. The molecule has 0 unspecified atom stereocenters. The van der Waals surface area contributed by atoms with Crippen LogP contribution in [0, 0.1) is 6.92 Å². The van der Waals surface area contributed by atoms with Crippen LogP contribution >= 0.6 is 0 Å². The maximum atomic E-state index is 4.92. The third-order valence-electron chi connectivity index (χ3n) is 1.43. The molecule has 2 aromatic heterocycles. The Morgan fingerprint density at radius 1 is 1.58 bits per heavy atom. The lowest BCUT2D eigenvalue weighted by molar-refractivity contribution is 0.362.